The monoisotopic (exact) mass is 326 g/mol. The van der Waals surface area contributed by atoms with Crippen molar-refractivity contribution in [3.8, 4) is 11.5 Å². The van der Waals surface area contributed by atoms with Crippen molar-refractivity contribution < 1.29 is 19.0 Å². The van der Waals surface area contributed by atoms with Crippen LogP contribution in [0.15, 0.2) is 48.5 Å². The van der Waals surface area contributed by atoms with E-state index in [1.54, 1.807) is 21.1 Å². The third kappa shape index (κ3) is 4.16. The van der Waals surface area contributed by atoms with Crippen LogP contribution in [0.5, 0.6) is 11.5 Å². The average Bonchev–Trinajstić information content (AvgIpc) is 2.59. The van der Waals surface area contributed by atoms with E-state index < -0.39 is 0 Å². The fraction of sp³-hybridized carbons (Fsp3) is 0.250. The van der Waals surface area contributed by atoms with Gasteiger partial charge in [0.2, 0.25) is 0 Å². The molecule has 0 saturated heterocycles. The lowest BCUT2D eigenvalue weighted by atomic mass is 9.96. The number of esters is 1. The van der Waals surface area contributed by atoms with Gasteiger partial charge in [0.15, 0.2) is 11.5 Å². The van der Waals surface area contributed by atoms with Gasteiger partial charge in [0.1, 0.15) is 0 Å². The number of ether oxygens (including phenoxy) is 3. The molecule has 0 spiro atoms. The number of rotatable bonds is 6. The van der Waals surface area contributed by atoms with Crippen molar-refractivity contribution in [1.29, 1.82) is 0 Å². The van der Waals surface area contributed by atoms with Crippen LogP contribution in [0.3, 0.4) is 0 Å². The highest BCUT2D eigenvalue weighted by Gasteiger charge is 2.12. The molecule has 126 valence electrons. The van der Waals surface area contributed by atoms with E-state index in [4.69, 9.17) is 14.2 Å². The summed E-state index contributed by atoms with van der Waals surface area (Å²) in [4.78, 5) is 12.0. The first kappa shape index (κ1) is 17.6. The molecular weight excluding hydrogens is 304 g/mol. The van der Waals surface area contributed by atoms with Gasteiger partial charge in [-0.25, -0.2) is 4.79 Å². The molecule has 0 amide bonds. The van der Waals surface area contributed by atoms with Gasteiger partial charge in [0, 0.05) is 6.08 Å². The molecule has 0 aliphatic heterocycles. The Morgan fingerprint density at radius 3 is 2.33 bits per heavy atom. The molecule has 0 aromatic heterocycles. The third-order valence-electron chi connectivity index (χ3n) is 3.57. The van der Waals surface area contributed by atoms with Crippen LogP contribution >= 0.6 is 0 Å². The maximum atomic E-state index is 12.0. The van der Waals surface area contributed by atoms with Crippen LogP contribution in [0.1, 0.15) is 23.6 Å². The molecule has 0 atom stereocenters. The summed E-state index contributed by atoms with van der Waals surface area (Å²) >= 11 is 0. The molecule has 2 aromatic carbocycles. The van der Waals surface area contributed by atoms with Crippen LogP contribution in [-0.2, 0) is 9.53 Å². The van der Waals surface area contributed by atoms with Crippen LogP contribution < -0.4 is 9.47 Å². The highest BCUT2D eigenvalue weighted by molar-refractivity contribution is 5.96. The van der Waals surface area contributed by atoms with Gasteiger partial charge >= 0.3 is 5.97 Å². The molecule has 0 fully saturated rings. The lowest BCUT2D eigenvalue weighted by Crippen LogP contribution is -2.02. The zero-order chi connectivity index (χ0) is 17.5. The summed E-state index contributed by atoms with van der Waals surface area (Å²) in [6, 6.07) is 13.5. The van der Waals surface area contributed by atoms with Crippen LogP contribution in [0, 0.1) is 6.92 Å². The Kier molecular flexibility index (Phi) is 6.01. The summed E-state index contributed by atoms with van der Waals surface area (Å²) < 4.78 is 15.7. The van der Waals surface area contributed by atoms with Gasteiger partial charge < -0.3 is 14.2 Å². The Bertz CT molecular complexity index is 747. The van der Waals surface area contributed by atoms with E-state index in [1.807, 2.05) is 49.4 Å². The highest BCUT2D eigenvalue weighted by Crippen LogP contribution is 2.33. The second-order valence-electron chi connectivity index (χ2n) is 5.25. The summed E-state index contributed by atoms with van der Waals surface area (Å²) in [7, 11) is 3.18. The second-order valence-corrected chi connectivity index (χ2v) is 5.25. The molecule has 24 heavy (non-hydrogen) atoms. The van der Waals surface area contributed by atoms with Gasteiger partial charge in [-0.2, -0.15) is 0 Å². The van der Waals surface area contributed by atoms with E-state index in [9.17, 15) is 4.79 Å². The molecule has 0 aliphatic carbocycles. The SMILES string of the molecule is CCOC(=O)/C=C(\c1cccc(C)c1)c1ccc(OC)c(OC)c1. The minimum absolute atomic E-state index is 0.336. The number of carbonyl (C=O) groups is 1. The van der Waals surface area contributed by atoms with Crippen LogP contribution in [0.2, 0.25) is 0 Å². The van der Waals surface area contributed by atoms with Crippen molar-refractivity contribution in [2.45, 2.75) is 13.8 Å². The van der Waals surface area contributed by atoms with Crippen molar-refractivity contribution in [2.24, 2.45) is 0 Å². The topological polar surface area (TPSA) is 44.8 Å². The highest BCUT2D eigenvalue weighted by atomic mass is 16.5. The fourth-order valence-electron chi connectivity index (χ4n) is 2.45. The number of carbonyl (C=O) groups excluding carboxylic acids is 1. The van der Waals surface area contributed by atoms with Gasteiger partial charge in [-0.1, -0.05) is 35.9 Å². The predicted octanol–water partition coefficient (Wildman–Crippen LogP) is 4.01. The molecule has 4 heteroatoms. The molecule has 0 radical (unpaired) electrons. The Labute approximate surface area is 142 Å². The van der Waals surface area contributed by atoms with E-state index >= 15 is 0 Å². The lowest BCUT2D eigenvalue weighted by molar-refractivity contribution is -0.137. The number of benzene rings is 2. The van der Waals surface area contributed by atoms with Crippen molar-refractivity contribution in [3.63, 3.8) is 0 Å². The van der Waals surface area contributed by atoms with E-state index in [2.05, 4.69) is 0 Å². The van der Waals surface area contributed by atoms with E-state index in [0.717, 1.165) is 22.3 Å². The predicted molar refractivity (Wildman–Crippen MR) is 94.4 cm³/mol. The minimum atomic E-state index is -0.371. The zero-order valence-electron chi connectivity index (χ0n) is 14.5. The summed E-state index contributed by atoms with van der Waals surface area (Å²) in [5.41, 5.74) is 3.68. The molecule has 0 aliphatic rings. The molecule has 0 bridgehead atoms. The minimum Gasteiger partial charge on any atom is -0.493 e. The average molecular weight is 326 g/mol. The van der Waals surface area contributed by atoms with Gasteiger partial charge in [-0.15, -0.1) is 0 Å². The normalized spacial score (nSPS) is 11.1. The number of aryl methyl sites for hydroxylation is 1. The quantitative estimate of drug-likeness (QED) is 0.594. The summed E-state index contributed by atoms with van der Waals surface area (Å²) in [5.74, 6) is 0.877. The lowest BCUT2D eigenvalue weighted by Gasteiger charge is -2.13. The van der Waals surface area contributed by atoms with Crippen molar-refractivity contribution in [1.82, 2.24) is 0 Å². The van der Waals surface area contributed by atoms with Gasteiger partial charge in [0.25, 0.3) is 0 Å². The summed E-state index contributed by atoms with van der Waals surface area (Å²) in [6.45, 7) is 4.14. The van der Waals surface area contributed by atoms with E-state index in [-0.39, 0.29) is 5.97 Å². The van der Waals surface area contributed by atoms with Gasteiger partial charge in [-0.3, -0.25) is 0 Å². The second kappa shape index (κ2) is 8.20. The molecular formula is C20H22O4. The number of hydrogen-bond acceptors (Lipinski definition) is 4. The first-order valence-electron chi connectivity index (χ1n) is 7.77. The first-order chi connectivity index (χ1) is 11.6. The van der Waals surface area contributed by atoms with Gasteiger partial charge in [0.05, 0.1) is 20.8 Å². The third-order valence-corrected chi connectivity index (χ3v) is 3.57. The standard InChI is InChI=1S/C20H22O4/c1-5-24-20(21)13-17(15-8-6-7-14(2)11-15)16-9-10-18(22-3)19(12-16)23-4/h6-13H,5H2,1-4H3/b17-13+. The zero-order valence-corrected chi connectivity index (χ0v) is 14.5. The Hall–Kier alpha value is -2.75. The molecule has 2 aromatic rings. The van der Waals surface area contributed by atoms with E-state index in [0.29, 0.717) is 18.1 Å². The largest absolute Gasteiger partial charge is 0.493 e. The summed E-state index contributed by atoms with van der Waals surface area (Å²) in [6.07, 6.45) is 1.51. The van der Waals surface area contributed by atoms with Crippen molar-refractivity contribution in [3.05, 3.63) is 65.2 Å². The van der Waals surface area contributed by atoms with E-state index in [1.165, 1.54) is 6.08 Å². The van der Waals surface area contributed by atoms with Gasteiger partial charge in [-0.05, 0) is 42.7 Å². The molecule has 0 heterocycles. The Morgan fingerprint density at radius 1 is 1.00 bits per heavy atom. The molecule has 0 N–H and O–H groups in total. The summed E-state index contributed by atoms with van der Waals surface area (Å²) in [5, 5.41) is 0. The smallest absolute Gasteiger partial charge is 0.331 e. The first-order valence-corrected chi connectivity index (χ1v) is 7.77. The molecule has 0 unspecified atom stereocenters. The van der Waals surface area contributed by atoms with Crippen molar-refractivity contribution in [2.75, 3.05) is 20.8 Å². The Balaban J connectivity index is 2.56. The number of methoxy groups -OCH3 is 2. The van der Waals surface area contributed by atoms with Crippen molar-refractivity contribution >= 4 is 11.5 Å². The molecule has 0 saturated carbocycles. The van der Waals surface area contributed by atoms with Crippen LogP contribution in [-0.4, -0.2) is 26.8 Å². The molecule has 2 rings (SSSR count). The maximum Gasteiger partial charge on any atom is 0.331 e. The van der Waals surface area contributed by atoms with Crippen LogP contribution in [0.4, 0.5) is 0 Å². The fourth-order valence-corrected chi connectivity index (χ4v) is 2.45. The maximum absolute atomic E-state index is 12.0. The number of hydrogen-bond donors (Lipinski definition) is 0. The Morgan fingerprint density at radius 2 is 1.71 bits per heavy atom. The molecule has 4 nitrogen and oxygen atoms in total. The van der Waals surface area contributed by atoms with Crippen LogP contribution in [0.25, 0.3) is 5.57 Å².